The summed E-state index contributed by atoms with van der Waals surface area (Å²) in [5.74, 6) is 1.34. The Morgan fingerprint density at radius 1 is 1.27 bits per heavy atom. The van der Waals surface area contributed by atoms with Crippen LogP contribution in [0.1, 0.15) is 22.1 Å². The monoisotopic (exact) mass is 438 g/mol. The molecule has 2 N–H and O–H groups in total. The Balaban J connectivity index is 1.68. The molecule has 0 saturated carbocycles. The van der Waals surface area contributed by atoms with E-state index in [9.17, 15) is 9.90 Å². The second-order valence-electron chi connectivity index (χ2n) is 6.89. The molecule has 0 spiro atoms. The molecule has 1 unspecified atom stereocenters. The number of hydrogen-bond donors (Lipinski definition) is 2. The lowest BCUT2D eigenvalue weighted by molar-refractivity contribution is -0.113. The van der Waals surface area contributed by atoms with Crippen LogP contribution in [0.5, 0.6) is 11.5 Å². The van der Waals surface area contributed by atoms with E-state index < -0.39 is 0 Å². The predicted molar refractivity (Wildman–Crippen MR) is 119 cm³/mol. The third kappa shape index (κ3) is 3.10. The van der Waals surface area contributed by atoms with Gasteiger partial charge in [0.1, 0.15) is 5.82 Å². The van der Waals surface area contributed by atoms with Gasteiger partial charge in [-0.3, -0.25) is 4.79 Å². The van der Waals surface area contributed by atoms with Gasteiger partial charge in [-0.1, -0.05) is 29.5 Å². The zero-order chi connectivity index (χ0) is 20.8. The van der Waals surface area contributed by atoms with Gasteiger partial charge in [0, 0.05) is 5.56 Å². The minimum Gasteiger partial charge on any atom is -0.504 e. The SMILES string of the molecule is COc1cc(C2SCC(=O)Nc3c2c(C)nn3-c2nc3ccccc3s2)ccc1O. The van der Waals surface area contributed by atoms with E-state index in [4.69, 9.17) is 14.8 Å². The first-order valence-electron chi connectivity index (χ1n) is 9.29. The lowest BCUT2D eigenvalue weighted by atomic mass is 10.0. The van der Waals surface area contributed by atoms with Crippen LogP contribution in [0.4, 0.5) is 5.82 Å². The second-order valence-corrected chi connectivity index (χ2v) is 9.00. The molecule has 1 aliphatic rings. The highest BCUT2D eigenvalue weighted by atomic mass is 32.2. The van der Waals surface area contributed by atoms with Gasteiger partial charge in [0.15, 0.2) is 11.5 Å². The van der Waals surface area contributed by atoms with Crippen LogP contribution >= 0.6 is 23.1 Å². The number of anilines is 1. The molecule has 3 heterocycles. The number of fused-ring (bicyclic) bond motifs is 2. The average molecular weight is 439 g/mol. The average Bonchev–Trinajstić information content (AvgIpc) is 3.25. The molecular weight excluding hydrogens is 420 g/mol. The van der Waals surface area contributed by atoms with E-state index in [2.05, 4.69) is 5.32 Å². The third-order valence-electron chi connectivity index (χ3n) is 4.98. The minimum atomic E-state index is -0.142. The van der Waals surface area contributed by atoms with Gasteiger partial charge in [0.05, 0.1) is 34.0 Å². The van der Waals surface area contributed by atoms with Crippen LogP contribution < -0.4 is 10.1 Å². The Hall–Kier alpha value is -3.04. The molecule has 0 radical (unpaired) electrons. The number of para-hydroxylation sites is 1. The third-order valence-corrected chi connectivity index (χ3v) is 7.26. The molecule has 0 bridgehead atoms. The number of thioether (sulfide) groups is 1. The number of nitrogens with zero attached hydrogens (tertiary/aromatic N) is 3. The lowest BCUT2D eigenvalue weighted by Crippen LogP contribution is -2.15. The summed E-state index contributed by atoms with van der Waals surface area (Å²) in [5.41, 5.74) is 3.57. The van der Waals surface area contributed by atoms with Crippen molar-refractivity contribution >= 4 is 45.0 Å². The number of phenols is 1. The zero-order valence-corrected chi connectivity index (χ0v) is 17.9. The van der Waals surface area contributed by atoms with Crippen molar-refractivity contribution in [2.45, 2.75) is 12.2 Å². The maximum absolute atomic E-state index is 12.5. The predicted octanol–water partition coefficient (Wildman–Crippen LogP) is 4.28. The summed E-state index contributed by atoms with van der Waals surface area (Å²) < 4.78 is 8.07. The fraction of sp³-hybridized carbons (Fsp3) is 0.190. The van der Waals surface area contributed by atoms with E-state index in [-0.39, 0.29) is 16.9 Å². The van der Waals surface area contributed by atoms with E-state index in [1.807, 2.05) is 37.3 Å². The Morgan fingerprint density at radius 3 is 2.90 bits per heavy atom. The minimum absolute atomic E-state index is 0.0798. The molecule has 9 heteroatoms. The quantitative estimate of drug-likeness (QED) is 0.496. The molecule has 30 heavy (non-hydrogen) atoms. The Bertz CT molecular complexity index is 1250. The number of thiazole rings is 1. The number of hydrogen-bond acceptors (Lipinski definition) is 7. The normalized spacial score (nSPS) is 16.2. The summed E-state index contributed by atoms with van der Waals surface area (Å²) in [5, 5.41) is 18.3. The van der Waals surface area contributed by atoms with E-state index in [1.54, 1.807) is 16.8 Å². The van der Waals surface area contributed by atoms with Crippen molar-refractivity contribution in [3.05, 3.63) is 59.3 Å². The molecule has 1 aliphatic heterocycles. The number of aromatic hydroxyl groups is 1. The van der Waals surface area contributed by atoms with Gasteiger partial charge in [0.2, 0.25) is 11.0 Å². The molecule has 1 amide bonds. The van der Waals surface area contributed by atoms with Gasteiger partial charge in [-0.05, 0) is 36.8 Å². The van der Waals surface area contributed by atoms with Crippen LogP contribution in [0.15, 0.2) is 42.5 Å². The number of carbonyl (C=O) groups is 1. The number of ether oxygens (including phenoxy) is 1. The Morgan fingerprint density at radius 2 is 2.10 bits per heavy atom. The number of aromatic nitrogens is 3. The van der Waals surface area contributed by atoms with Crippen LogP contribution in [0.25, 0.3) is 15.3 Å². The summed E-state index contributed by atoms with van der Waals surface area (Å²) in [6.45, 7) is 1.94. The fourth-order valence-corrected chi connectivity index (χ4v) is 5.70. The summed E-state index contributed by atoms with van der Waals surface area (Å²) in [4.78, 5) is 17.2. The molecule has 2 aromatic heterocycles. The maximum Gasteiger partial charge on any atom is 0.235 e. The number of phenolic OH excluding ortho intramolecular Hbond substituents is 1. The van der Waals surface area contributed by atoms with E-state index in [1.165, 1.54) is 30.2 Å². The summed E-state index contributed by atoms with van der Waals surface area (Å²) in [6, 6.07) is 13.2. The zero-order valence-electron chi connectivity index (χ0n) is 16.2. The number of methoxy groups -OCH3 is 1. The Kier molecular flexibility index (Phi) is 4.63. The molecule has 7 nitrogen and oxygen atoms in total. The molecule has 1 atom stereocenters. The first kappa shape index (κ1) is 19.0. The molecule has 5 rings (SSSR count). The molecule has 0 fully saturated rings. The lowest BCUT2D eigenvalue weighted by Gasteiger charge is -2.16. The molecule has 152 valence electrons. The van der Waals surface area contributed by atoms with Gasteiger partial charge >= 0.3 is 0 Å². The van der Waals surface area contributed by atoms with Gasteiger partial charge in [-0.2, -0.15) is 9.78 Å². The van der Waals surface area contributed by atoms with Crippen molar-refractivity contribution in [2.24, 2.45) is 0 Å². The number of carbonyl (C=O) groups excluding carboxylic acids is 1. The maximum atomic E-state index is 12.5. The van der Waals surface area contributed by atoms with Crippen LogP contribution in [0.2, 0.25) is 0 Å². The molecular formula is C21H18N4O3S2. The van der Waals surface area contributed by atoms with Gasteiger partial charge in [-0.25, -0.2) is 4.98 Å². The van der Waals surface area contributed by atoms with Crippen molar-refractivity contribution in [3.63, 3.8) is 0 Å². The van der Waals surface area contributed by atoms with E-state index >= 15 is 0 Å². The topological polar surface area (TPSA) is 89.3 Å². The molecule has 0 aliphatic carbocycles. The smallest absolute Gasteiger partial charge is 0.235 e. The molecule has 4 aromatic rings. The van der Waals surface area contributed by atoms with Crippen LogP contribution in [0.3, 0.4) is 0 Å². The van der Waals surface area contributed by atoms with E-state index in [0.29, 0.717) is 22.5 Å². The number of amides is 1. The highest BCUT2D eigenvalue weighted by molar-refractivity contribution is 8.00. The van der Waals surface area contributed by atoms with Crippen LogP contribution in [-0.2, 0) is 4.79 Å². The summed E-state index contributed by atoms with van der Waals surface area (Å²) in [7, 11) is 1.52. The molecule has 0 saturated heterocycles. The van der Waals surface area contributed by atoms with Gasteiger partial charge in [0.25, 0.3) is 0 Å². The first-order valence-corrected chi connectivity index (χ1v) is 11.2. The van der Waals surface area contributed by atoms with Gasteiger partial charge < -0.3 is 15.2 Å². The number of aryl methyl sites for hydroxylation is 1. The Labute approximate surface area is 180 Å². The standard InChI is InChI=1S/C21H18N4O3S2/c1-11-18-19(12-7-8-14(26)15(9-12)28-2)29-10-17(27)23-20(18)25(24-11)21-22-13-5-3-4-6-16(13)30-21/h3-9,19,26H,10H2,1-2H3,(H,23,27). The summed E-state index contributed by atoms with van der Waals surface area (Å²) >= 11 is 3.05. The number of rotatable bonds is 3. The fourth-order valence-electron chi connectivity index (χ4n) is 3.59. The number of benzene rings is 2. The van der Waals surface area contributed by atoms with Crippen molar-refractivity contribution < 1.29 is 14.6 Å². The van der Waals surface area contributed by atoms with Crippen LogP contribution in [-0.4, -0.2) is 38.6 Å². The van der Waals surface area contributed by atoms with E-state index in [0.717, 1.165) is 27.0 Å². The molecule has 2 aromatic carbocycles. The second kappa shape index (κ2) is 7.33. The summed E-state index contributed by atoms with van der Waals surface area (Å²) in [6.07, 6.45) is 0. The number of nitrogens with one attached hydrogen (secondary N) is 1. The van der Waals surface area contributed by atoms with Crippen molar-refractivity contribution in [3.8, 4) is 16.6 Å². The highest BCUT2D eigenvalue weighted by Gasteiger charge is 2.31. The van der Waals surface area contributed by atoms with Crippen molar-refractivity contribution in [1.29, 1.82) is 0 Å². The van der Waals surface area contributed by atoms with Gasteiger partial charge in [-0.15, -0.1) is 11.8 Å². The first-order chi connectivity index (χ1) is 14.5. The van der Waals surface area contributed by atoms with Crippen molar-refractivity contribution in [2.75, 3.05) is 18.2 Å². The highest BCUT2D eigenvalue weighted by Crippen LogP contribution is 2.45. The largest absolute Gasteiger partial charge is 0.504 e. The van der Waals surface area contributed by atoms with Crippen molar-refractivity contribution in [1.82, 2.24) is 14.8 Å². The van der Waals surface area contributed by atoms with Crippen LogP contribution in [0, 0.1) is 6.92 Å².